The van der Waals surface area contributed by atoms with Crippen LogP contribution in [0.4, 0.5) is 20.2 Å². The molecule has 7 nitrogen and oxygen atoms in total. The predicted octanol–water partition coefficient (Wildman–Crippen LogP) is 6.04. The monoisotopic (exact) mass is 706 g/mol. The van der Waals surface area contributed by atoms with E-state index in [0.29, 0.717) is 27.7 Å². The highest BCUT2D eigenvalue weighted by atomic mass is 127. The van der Waals surface area contributed by atoms with Gasteiger partial charge in [-0.15, -0.1) is 0 Å². The van der Waals surface area contributed by atoms with Crippen molar-refractivity contribution < 1.29 is 23.2 Å². The molecule has 3 amide bonds. The summed E-state index contributed by atoms with van der Waals surface area (Å²) in [5, 5.41) is 8.75. The van der Waals surface area contributed by atoms with E-state index in [2.05, 4.69) is 38.5 Å². The smallest absolute Gasteiger partial charge is 0.248 e. The number of fused-ring (bicyclic) bond motifs is 2. The van der Waals surface area contributed by atoms with Gasteiger partial charge in [-0.1, -0.05) is 79.2 Å². The Hall–Kier alpha value is -3.09. The number of alkyl halides is 1. The minimum absolute atomic E-state index is 0.0632. The Balaban J connectivity index is 1.72. The zero-order valence-electron chi connectivity index (χ0n) is 23.2. The van der Waals surface area contributed by atoms with Crippen molar-refractivity contribution in [2.45, 2.75) is 55.0 Å². The third-order valence-corrected chi connectivity index (χ3v) is 9.15. The maximum atomic E-state index is 16.2. The quantitative estimate of drug-likeness (QED) is 0.185. The van der Waals surface area contributed by atoms with Crippen LogP contribution in [0.2, 0.25) is 5.02 Å². The Morgan fingerprint density at radius 2 is 1.76 bits per heavy atom. The molecule has 0 bridgehead atoms. The lowest BCUT2D eigenvalue weighted by Gasteiger charge is -2.37. The van der Waals surface area contributed by atoms with Gasteiger partial charge in [-0.25, -0.2) is 8.78 Å². The minimum Gasteiger partial charge on any atom is -0.366 e. The summed E-state index contributed by atoms with van der Waals surface area (Å²) in [6.45, 7) is 6.00. The maximum Gasteiger partial charge on any atom is 0.248 e. The van der Waals surface area contributed by atoms with E-state index in [-0.39, 0.29) is 27.3 Å². The summed E-state index contributed by atoms with van der Waals surface area (Å²) in [5.41, 5.74) is 4.98. The Morgan fingerprint density at radius 3 is 2.38 bits per heavy atom. The number of nitrogens with one attached hydrogen (secondary N) is 3. The SMILES string of the molecule is CC(C)(C)C[C@@H]1N[C@@H](C(=O)Nc2ccc(C(N)=O)cc2)[C@H](c2cccc(CI)c2F)[C@]12C(=O)Nc1c2ccc(Cl)c1F. The second-order valence-electron chi connectivity index (χ2n) is 11.9. The summed E-state index contributed by atoms with van der Waals surface area (Å²) in [6.07, 6.45) is 0.408. The molecule has 1 spiro atoms. The number of benzene rings is 3. The van der Waals surface area contributed by atoms with E-state index in [9.17, 15) is 14.4 Å². The number of carbonyl (C=O) groups is 3. The molecular formula is C31H30ClF2IN4O3. The first kappa shape index (κ1) is 30.4. The van der Waals surface area contributed by atoms with Crippen molar-refractivity contribution in [1.82, 2.24) is 5.32 Å². The van der Waals surface area contributed by atoms with E-state index in [1.54, 1.807) is 24.3 Å². The Bertz CT molecular complexity index is 1590. The minimum atomic E-state index is -1.55. The number of halogens is 4. The number of anilines is 2. The number of nitrogens with two attached hydrogens (primary N) is 1. The van der Waals surface area contributed by atoms with Crippen LogP contribution in [0.25, 0.3) is 0 Å². The molecule has 3 aromatic carbocycles. The van der Waals surface area contributed by atoms with Gasteiger partial charge in [0.1, 0.15) is 11.2 Å². The van der Waals surface area contributed by atoms with Gasteiger partial charge in [-0.05, 0) is 58.9 Å². The Kier molecular flexibility index (Phi) is 8.10. The van der Waals surface area contributed by atoms with Crippen molar-refractivity contribution in [1.29, 1.82) is 0 Å². The molecule has 0 saturated carbocycles. The molecule has 2 aliphatic heterocycles. The van der Waals surface area contributed by atoms with Gasteiger partial charge in [0.05, 0.1) is 16.8 Å². The molecule has 220 valence electrons. The van der Waals surface area contributed by atoms with Crippen LogP contribution in [0.1, 0.15) is 60.2 Å². The highest BCUT2D eigenvalue weighted by Gasteiger charge is 2.66. The molecule has 1 fully saturated rings. The van der Waals surface area contributed by atoms with Gasteiger partial charge in [0.2, 0.25) is 17.7 Å². The number of primary amides is 1. The topological polar surface area (TPSA) is 113 Å². The van der Waals surface area contributed by atoms with E-state index in [1.165, 1.54) is 30.3 Å². The highest BCUT2D eigenvalue weighted by molar-refractivity contribution is 14.1. The molecule has 3 aromatic rings. The van der Waals surface area contributed by atoms with Crippen molar-refractivity contribution in [3.63, 3.8) is 0 Å². The molecule has 0 aliphatic carbocycles. The lowest BCUT2D eigenvalue weighted by atomic mass is 9.62. The number of hydrogen-bond acceptors (Lipinski definition) is 4. The van der Waals surface area contributed by atoms with Crippen LogP contribution in [0.5, 0.6) is 0 Å². The van der Waals surface area contributed by atoms with Gasteiger partial charge in [-0.3, -0.25) is 14.4 Å². The number of amides is 3. The number of hydrogen-bond donors (Lipinski definition) is 4. The molecule has 1 saturated heterocycles. The molecule has 2 aliphatic rings. The van der Waals surface area contributed by atoms with Crippen LogP contribution < -0.4 is 21.7 Å². The van der Waals surface area contributed by atoms with Gasteiger partial charge >= 0.3 is 0 Å². The van der Waals surface area contributed by atoms with E-state index in [1.807, 2.05) is 20.8 Å². The molecule has 5 rings (SSSR count). The van der Waals surface area contributed by atoms with Gasteiger partial charge in [-0.2, -0.15) is 0 Å². The lowest BCUT2D eigenvalue weighted by Crippen LogP contribution is -2.49. The first-order valence-electron chi connectivity index (χ1n) is 13.4. The fourth-order valence-electron chi connectivity index (χ4n) is 6.30. The molecule has 0 radical (unpaired) electrons. The molecule has 42 heavy (non-hydrogen) atoms. The van der Waals surface area contributed by atoms with Crippen LogP contribution in [0.15, 0.2) is 54.6 Å². The predicted molar refractivity (Wildman–Crippen MR) is 167 cm³/mol. The summed E-state index contributed by atoms with van der Waals surface area (Å²) in [5.74, 6) is -4.02. The second kappa shape index (κ2) is 11.2. The molecule has 0 aromatic heterocycles. The summed E-state index contributed by atoms with van der Waals surface area (Å²) >= 11 is 8.16. The fourth-order valence-corrected chi connectivity index (χ4v) is 7.05. The van der Waals surface area contributed by atoms with Gasteiger partial charge in [0.25, 0.3) is 0 Å². The van der Waals surface area contributed by atoms with Crippen LogP contribution in [-0.2, 0) is 19.4 Å². The number of carbonyl (C=O) groups excluding carboxylic acids is 3. The fraction of sp³-hybridized carbons (Fsp3) is 0.323. The third-order valence-electron chi connectivity index (χ3n) is 8.03. The summed E-state index contributed by atoms with van der Waals surface area (Å²) in [6, 6.07) is 12.2. The van der Waals surface area contributed by atoms with Crippen molar-refractivity contribution in [2.24, 2.45) is 11.1 Å². The van der Waals surface area contributed by atoms with E-state index in [4.69, 9.17) is 17.3 Å². The molecular weight excluding hydrogens is 677 g/mol. The average molecular weight is 707 g/mol. The first-order chi connectivity index (χ1) is 19.8. The van der Waals surface area contributed by atoms with Gasteiger partial charge in [0.15, 0.2) is 5.82 Å². The number of rotatable bonds is 6. The van der Waals surface area contributed by atoms with Gasteiger partial charge < -0.3 is 21.7 Å². The van der Waals surface area contributed by atoms with Crippen molar-refractivity contribution in [3.8, 4) is 0 Å². The van der Waals surface area contributed by atoms with Crippen molar-refractivity contribution in [3.05, 3.63) is 93.5 Å². The van der Waals surface area contributed by atoms with E-state index in [0.717, 1.165) is 0 Å². The second-order valence-corrected chi connectivity index (χ2v) is 13.1. The highest BCUT2D eigenvalue weighted by Crippen LogP contribution is 2.57. The van der Waals surface area contributed by atoms with Crippen molar-refractivity contribution >= 4 is 63.3 Å². The van der Waals surface area contributed by atoms with Crippen LogP contribution in [0, 0.1) is 17.0 Å². The van der Waals surface area contributed by atoms with Crippen molar-refractivity contribution in [2.75, 3.05) is 10.6 Å². The standard InChI is InChI=1S/C31H30ClF2IN4O3/c1-30(2,3)13-21-31(19-11-12-20(32)24(34)25(19)39-29(31)42)22(18-6-4-5-16(14-35)23(18)33)26(38-21)28(41)37-17-9-7-15(8-10-17)27(36)40/h4-12,21-22,26,38H,13-14H2,1-3H3,(H2,36,40)(H,37,41)(H,39,42)/t21-,22-,26+,31+/m0/s1. The molecule has 11 heteroatoms. The van der Waals surface area contributed by atoms with Crippen LogP contribution in [-0.4, -0.2) is 29.8 Å². The molecule has 0 unspecified atom stereocenters. The summed E-state index contributed by atoms with van der Waals surface area (Å²) < 4.78 is 32.0. The van der Waals surface area contributed by atoms with E-state index >= 15 is 8.78 Å². The molecule has 2 heterocycles. The van der Waals surface area contributed by atoms with Gasteiger partial charge in [0, 0.05) is 27.6 Å². The Morgan fingerprint density at radius 1 is 1.07 bits per heavy atom. The maximum absolute atomic E-state index is 16.2. The summed E-state index contributed by atoms with van der Waals surface area (Å²) in [7, 11) is 0. The largest absolute Gasteiger partial charge is 0.366 e. The van der Waals surface area contributed by atoms with E-state index < -0.39 is 52.8 Å². The third kappa shape index (κ3) is 5.07. The van der Waals surface area contributed by atoms with Crippen LogP contribution >= 0.6 is 34.2 Å². The molecule has 4 atom stereocenters. The zero-order valence-corrected chi connectivity index (χ0v) is 26.1. The first-order valence-corrected chi connectivity index (χ1v) is 15.3. The average Bonchev–Trinajstić information content (AvgIpc) is 3.41. The summed E-state index contributed by atoms with van der Waals surface area (Å²) in [4.78, 5) is 39.8. The Labute approximate surface area is 261 Å². The normalized spacial score (nSPS) is 23.1. The van der Waals surface area contributed by atoms with Crippen LogP contribution in [0.3, 0.4) is 0 Å². The zero-order chi connectivity index (χ0) is 30.6. The lowest BCUT2D eigenvalue weighted by molar-refractivity contribution is -0.122. The molecule has 5 N–H and O–H groups in total.